The third-order valence-electron chi connectivity index (χ3n) is 3.41. The molecule has 1 aromatic rings. The lowest BCUT2D eigenvalue weighted by atomic mass is 10.1. The van der Waals surface area contributed by atoms with Crippen molar-refractivity contribution >= 4 is 5.69 Å². The summed E-state index contributed by atoms with van der Waals surface area (Å²) in [5, 5.41) is 0. The van der Waals surface area contributed by atoms with Gasteiger partial charge in [0.05, 0.1) is 6.10 Å². The molecule has 0 bridgehead atoms. The quantitative estimate of drug-likeness (QED) is 0.844. The van der Waals surface area contributed by atoms with Crippen LogP contribution >= 0.6 is 0 Å². The van der Waals surface area contributed by atoms with E-state index in [0.29, 0.717) is 12.6 Å². The molecular weight excluding hydrogens is 212 g/mol. The zero-order valence-electron chi connectivity index (χ0n) is 10.7. The molecule has 1 heterocycles. The summed E-state index contributed by atoms with van der Waals surface area (Å²) in [5.74, 6) is 0. The Morgan fingerprint density at radius 2 is 2.24 bits per heavy atom. The minimum absolute atomic E-state index is 0.133. The molecule has 2 N–H and O–H groups in total. The van der Waals surface area contributed by atoms with Crippen molar-refractivity contribution in [3.8, 4) is 0 Å². The van der Waals surface area contributed by atoms with E-state index < -0.39 is 0 Å². The third-order valence-corrected chi connectivity index (χ3v) is 3.41. The maximum atomic E-state index is 5.75. The van der Waals surface area contributed by atoms with Crippen molar-refractivity contribution in [3.63, 3.8) is 0 Å². The molecule has 0 aliphatic carbocycles. The zero-order chi connectivity index (χ0) is 12.3. The van der Waals surface area contributed by atoms with Gasteiger partial charge in [0.1, 0.15) is 0 Å². The van der Waals surface area contributed by atoms with E-state index in [1.165, 1.54) is 11.3 Å². The highest BCUT2D eigenvalue weighted by Crippen LogP contribution is 2.31. The Morgan fingerprint density at radius 1 is 1.47 bits per heavy atom. The summed E-state index contributed by atoms with van der Waals surface area (Å²) < 4.78 is 5.65. The van der Waals surface area contributed by atoms with Gasteiger partial charge in [-0.2, -0.15) is 0 Å². The maximum absolute atomic E-state index is 5.75. The lowest BCUT2D eigenvalue weighted by molar-refractivity contribution is 0.0729. The predicted octanol–water partition coefficient (Wildman–Crippen LogP) is 1.80. The van der Waals surface area contributed by atoms with Crippen LogP contribution < -0.4 is 10.6 Å². The van der Waals surface area contributed by atoms with Crippen molar-refractivity contribution in [3.05, 3.63) is 29.8 Å². The van der Waals surface area contributed by atoms with E-state index in [4.69, 9.17) is 10.5 Å². The van der Waals surface area contributed by atoms with Gasteiger partial charge in [-0.05, 0) is 31.9 Å². The number of fused-ring (bicyclic) bond motifs is 1. The minimum Gasteiger partial charge on any atom is -0.375 e. The number of para-hydroxylation sites is 1. The molecule has 2 atom stereocenters. The second-order valence-electron chi connectivity index (χ2n) is 4.65. The van der Waals surface area contributed by atoms with Crippen molar-refractivity contribution in [2.75, 3.05) is 24.6 Å². The topological polar surface area (TPSA) is 38.5 Å². The fourth-order valence-corrected chi connectivity index (χ4v) is 2.56. The molecule has 2 rings (SSSR count). The van der Waals surface area contributed by atoms with Gasteiger partial charge in [-0.3, -0.25) is 0 Å². The molecule has 0 radical (unpaired) electrons. The van der Waals surface area contributed by atoms with E-state index in [0.717, 1.165) is 19.6 Å². The first kappa shape index (κ1) is 12.4. The van der Waals surface area contributed by atoms with E-state index in [2.05, 4.69) is 36.1 Å². The lowest BCUT2D eigenvalue weighted by Gasteiger charge is -2.29. The third kappa shape index (κ3) is 2.61. The summed E-state index contributed by atoms with van der Waals surface area (Å²) in [6.07, 6.45) is 1.26. The summed E-state index contributed by atoms with van der Waals surface area (Å²) in [4.78, 5) is 2.42. The van der Waals surface area contributed by atoms with Crippen molar-refractivity contribution in [1.29, 1.82) is 0 Å². The molecule has 94 valence electrons. The molecule has 0 aromatic heterocycles. The van der Waals surface area contributed by atoms with Crippen LogP contribution in [0.2, 0.25) is 0 Å². The summed E-state index contributed by atoms with van der Waals surface area (Å²) in [6.45, 7) is 6.48. The van der Waals surface area contributed by atoms with E-state index in [1.807, 2.05) is 6.92 Å². The number of nitrogens with two attached hydrogens (primary N) is 1. The van der Waals surface area contributed by atoms with Crippen LogP contribution in [-0.4, -0.2) is 31.8 Å². The SMILES string of the molecule is CCOC(CN)CN1c2ccccc2CC1C. The first-order chi connectivity index (χ1) is 8.26. The second kappa shape index (κ2) is 5.52. The van der Waals surface area contributed by atoms with Crippen molar-refractivity contribution in [2.45, 2.75) is 32.4 Å². The first-order valence-corrected chi connectivity index (χ1v) is 6.42. The number of anilines is 1. The van der Waals surface area contributed by atoms with Crippen LogP contribution in [0.15, 0.2) is 24.3 Å². The van der Waals surface area contributed by atoms with Gasteiger partial charge in [-0.1, -0.05) is 18.2 Å². The van der Waals surface area contributed by atoms with E-state index in [9.17, 15) is 0 Å². The van der Waals surface area contributed by atoms with Crippen LogP contribution in [0.1, 0.15) is 19.4 Å². The van der Waals surface area contributed by atoms with Crippen LogP contribution in [0, 0.1) is 0 Å². The average molecular weight is 234 g/mol. The Morgan fingerprint density at radius 3 is 2.94 bits per heavy atom. The molecule has 1 aliphatic rings. The Kier molecular flexibility index (Phi) is 4.02. The first-order valence-electron chi connectivity index (χ1n) is 6.42. The van der Waals surface area contributed by atoms with Crippen LogP contribution in [0.3, 0.4) is 0 Å². The Balaban J connectivity index is 2.10. The van der Waals surface area contributed by atoms with Gasteiger partial charge in [0.15, 0.2) is 0 Å². The van der Waals surface area contributed by atoms with Gasteiger partial charge in [-0.25, -0.2) is 0 Å². The van der Waals surface area contributed by atoms with E-state index >= 15 is 0 Å². The monoisotopic (exact) mass is 234 g/mol. The number of hydrogen-bond acceptors (Lipinski definition) is 3. The number of ether oxygens (including phenoxy) is 1. The lowest BCUT2D eigenvalue weighted by Crippen LogP contribution is -2.41. The maximum Gasteiger partial charge on any atom is 0.0871 e. The standard InChI is InChI=1S/C14H22N2O/c1-3-17-13(9-15)10-16-11(2)8-12-6-4-5-7-14(12)16/h4-7,11,13H,3,8-10,15H2,1-2H3. The highest BCUT2D eigenvalue weighted by Gasteiger charge is 2.27. The van der Waals surface area contributed by atoms with Crippen LogP contribution in [0.4, 0.5) is 5.69 Å². The molecule has 0 saturated carbocycles. The van der Waals surface area contributed by atoms with Crippen molar-refractivity contribution < 1.29 is 4.74 Å². The molecule has 0 saturated heterocycles. The molecule has 1 aromatic carbocycles. The van der Waals surface area contributed by atoms with Crippen LogP contribution in [0.5, 0.6) is 0 Å². The van der Waals surface area contributed by atoms with Crippen molar-refractivity contribution in [2.24, 2.45) is 5.73 Å². The zero-order valence-corrected chi connectivity index (χ0v) is 10.7. The van der Waals surface area contributed by atoms with Crippen LogP contribution in [0.25, 0.3) is 0 Å². The Hall–Kier alpha value is -1.06. The molecule has 0 fully saturated rings. The highest BCUT2D eigenvalue weighted by atomic mass is 16.5. The fourth-order valence-electron chi connectivity index (χ4n) is 2.56. The molecule has 3 heteroatoms. The van der Waals surface area contributed by atoms with Gasteiger partial charge in [0, 0.05) is 31.4 Å². The molecule has 0 amide bonds. The van der Waals surface area contributed by atoms with Gasteiger partial charge in [0.2, 0.25) is 0 Å². The Bertz CT molecular complexity index is 367. The van der Waals surface area contributed by atoms with Gasteiger partial charge < -0.3 is 15.4 Å². The average Bonchev–Trinajstić information content (AvgIpc) is 2.65. The van der Waals surface area contributed by atoms with E-state index in [-0.39, 0.29) is 6.10 Å². The highest BCUT2D eigenvalue weighted by molar-refractivity contribution is 5.59. The number of nitrogens with zero attached hydrogens (tertiary/aromatic N) is 1. The molecule has 0 spiro atoms. The van der Waals surface area contributed by atoms with Crippen LogP contribution in [-0.2, 0) is 11.2 Å². The molecule has 3 nitrogen and oxygen atoms in total. The number of hydrogen-bond donors (Lipinski definition) is 1. The normalized spacial score (nSPS) is 20.4. The summed E-state index contributed by atoms with van der Waals surface area (Å²) in [5.41, 5.74) is 8.53. The van der Waals surface area contributed by atoms with E-state index in [1.54, 1.807) is 0 Å². The largest absolute Gasteiger partial charge is 0.375 e. The fraction of sp³-hybridized carbons (Fsp3) is 0.571. The molecule has 17 heavy (non-hydrogen) atoms. The molecular formula is C14H22N2O. The summed E-state index contributed by atoms with van der Waals surface area (Å²) >= 11 is 0. The van der Waals surface area contributed by atoms with Gasteiger partial charge in [0.25, 0.3) is 0 Å². The second-order valence-corrected chi connectivity index (χ2v) is 4.65. The summed E-state index contributed by atoms with van der Waals surface area (Å²) in [7, 11) is 0. The predicted molar refractivity (Wildman–Crippen MR) is 71.4 cm³/mol. The Labute approximate surface area is 104 Å². The molecule has 2 unspecified atom stereocenters. The molecule has 1 aliphatic heterocycles. The smallest absolute Gasteiger partial charge is 0.0871 e. The minimum atomic E-state index is 0.133. The van der Waals surface area contributed by atoms with Gasteiger partial charge >= 0.3 is 0 Å². The van der Waals surface area contributed by atoms with Crippen molar-refractivity contribution in [1.82, 2.24) is 0 Å². The summed E-state index contributed by atoms with van der Waals surface area (Å²) in [6, 6.07) is 9.16. The van der Waals surface area contributed by atoms with Gasteiger partial charge in [-0.15, -0.1) is 0 Å². The number of benzene rings is 1. The number of rotatable bonds is 5.